The van der Waals surface area contributed by atoms with E-state index in [2.05, 4.69) is 15.8 Å². The molecule has 1 aliphatic heterocycles. The highest BCUT2D eigenvalue weighted by atomic mass is 16.7. The van der Waals surface area contributed by atoms with Crippen molar-refractivity contribution in [3.8, 4) is 11.5 Å². The molecule has 0 unspecified atom stereocenters. The number of carboxylic acids is 1. The number of hydrazone groups is 1. The molecule has 0 aliphatic carbocycles. The van der Waals surface area contributed by atoms with Crippen LogP contribution in [0.3, 0.4) is 0 Å². The van der Waals surface area contributed by atoms with Gasteiger partial charge in [0.25, 0.3) is 11.8 Å². The van der Waals surface area contributed by atoms with E-state index in [0.717, 1.165) is 0 Å². The van der Waals surface area contributed by atoms with Crippen molar-refractivity contribution in [2.24, 2.45) is 5.10 Å². The van der Waals surface area contributed by atoms with E-state index in [-0.39, 0.29) is 18.9 Å². The molecule has 0 saturated carbocycles. The van der Waals surface area contributed by atoms with Crippen LogP contribution in [-0.4, -0.2) is 37.3 Å². The zero-order valence-corrected chi connectivity index (χ0v) is 13.9. The van der Waals surface area contributed by atoms with Gasteiger partial charge < -0.3 is 24.7 Å². The van der Waals surface area contributed by atoms with Crippen LogP contribution < -0.4 is 25.3 Å². The van der Waals surface area contributed by atoms with Crippen LogP contribution in [0.25, 0.3) is 0 Å². The van der Waals surface area contributed by atoms with Gasteiger partial charge in [0.1, 0.15) is 0 Å². The van der Waals surface area contributed by atoms with E-state index in [1.54, 1.807) is 12.1 Å². The quantitative estimate of drug-likeness (QED) is 0.530. The third-order valence-corrected chi connectivity index (χ3v) is 3.59. The molecule has 9 heteroatoms. The van der Waals surface area contributed by atoms with E-state index in [4.69, 9.17) is 9.47 Å². The Kier molecular flexibility index (Phi) is 5.31. The Balaban J connectivity index is 1.46. The van der Waals surface area contributed by atoms with E-state index < -0.39 is 17.8 Å². The molecule has 1 heterocycles. The normalized spacial score (nSPS) is 12.0. The van der Waals surface area contributed by atoms with E-state index in [0.29, 0.717) is 22.6 Å². The van der Waals surface area contributed by atoms with Crippen LogP contribution in [0.5, 0.6) is 11.5 Å². The molecular formula is C18H14N3O6-. The molecule has 2 aromatic carbocycles. The van der Waals surface area contributed by atoms with Crippen molar-refractivity contribution < 1.29 is 29.0 Å². The number of carbonyl (C=O) groups is 3. The average Bonchev–Trinajstić information content (AvgIpc) is 3.14. The predicted molar refractivity (Wildman–Crippen MR) is 91.4 cm³/mol. The highest BCUT2D eigenvalue weighted by Gasteiger charge is 2.16. The van der Waals surface area contributed by atoms with Gasteiger partial charge in [0.15, 0.2) is 11.5 Å². The maximum Gasteiger partial charge on any atom is 0.259 e. The molecule has 2 amide bonds. The summed E-state index contributed by atoms with van der Waals surface area (Å²) in [5.41, 5.74) is 3.23. The van der Waals surface area contributed by atoms with Crippen LogP contribution in [0, 0.1) is 0 Å². The fraction of sp³-hybridized carbons (Fsp3) is 0.111. The summed E-state index contributed by atoms with van der Waals surface area (Å²) in [6, 6.07) is 10.5. The van der Waals surface area contributed by atoms with Crippen molar-refractivity contribution in [3.05, 3.63) is 59.2 Å². The molecule has 0 spiro atoms. The second-order valence-electron chi connectivity index (χ2n) is 5.45. The van der Waals surface area contributed by atoms with Crippen LogP contribution in [0.15, 0.2) is 47.6 Å². The first-order valence-electron chi connectivity index (χ1n) is 7.84. The zero-order chi connectivity index (χ0) is 19.2. The molecule has 138 valence electrons. The third kappa shape index (κ3) is 4.60. The van der Waals surface area contributed by atoms with Crippen molar-refractivity contribution in [2.75, 3.05) is 13.3 Å². The minimum atomic E-state index is -1.27. The molecule has 0 aromatic heterocycles. The Labute approximate surface area is 153 Å². The Morgan fingerprint density at radius 1 is 1.04 bits per heavy atom. The van der Waals surface area contributed by atoms with Gasteiger partial charge in [-0.2, -0.15) is 5.10 Å². The lowest BCUT2D eigenvalue weighted by Gasteiger charge is -2.05. The summed E-state index contributed by atoms with van der Waals surface area (Å²) >= 11 is 0. The molecule has 0 saturated heterocycles. The number of aromatic carboxylic acids is 1. The van der Waals surface area contributed by atoms with Crippen LogP contribution in [0.1, 0.15) is 26.3 Å². The number of rotatable bonds is 6. The summed E-state index contributed by atoms with van der Waals surface area (Å²) in [7, 11) is 0. The standard InChI is InChI=1S/C18H15N3O6/c22-16(21-20-8-11-1-3-12(4-2-11)18(24)25)9-19-17(23)13-5-6-14-15(7-13)27-10-26-14/h1-8H,9-10H2,(H,19,23)(H,21,22)(H,24,25)/p-1. The second kappa shape index (κ2) is 8.00. The van der Waals surface area contributed by atoms with Crippen LogP contribution in [0.4, 0.5) is 0 Å². The lowest BCUT2D eigenvalue weighted by molar-refractivity contribution is -0.255. The Hall–Kier alpha value is -3.88. The van der Waals surface area contributed by atoms with Gasteiger partial charge in [-0.05, 0) is 29.3 Å². The second-order valence-corrected chi connectivity index (χ2v) is 5.45. The molecule has 2 aromatic rings. The molecule has 1 aliphatic rings. The molecule has 0 radical (unpaired) electrons. The maximum atomic E-state index is 12.1. The molecule has 0 bridgehead atoms. The van der Waals surface area contributed by atoms with E-state index in [9.17, 15) is 19.5 Å². The number of nitrogens with one attached hydrogen (secondary N) is 2. The number of nitrogens with zero attached hydrogens (tertiary/aromatic N) is 1. The van der Waals surface area contributed by atoms with Gasteiger partial charge in [-0.3, -0.25) is 9.59 Å². The SMILES string of the molecule is O=C(CNC(=O)c1ccc2c(c1)OCO2)NN=Cc1ccc(C(=O)[O-])cc1. The molecule has 0 atom stereocenters. The van der Waals surface area contributed by atoms with Gasteiger partial charge in [-0.25, -0.2) is 5.43 Å². The van der Waals surface area contributed by atoms with Crippen molar-refractivity contribution in [1.29, 1.82) is 0 Å². The highest BCUT2D eigenvalue weighted by molar-refractivity contribution is 5.97. The molecule has 9 nitrogen and oxygen atoms in total. The van der Waals surface area contributed by atoms with Gasteiger partial charge in [0, 0.05) is 5.56 Å². The van der Waals surface area contributed by atoms with Gasteiger partial charge in [-0.15, -0.1) is 0 Å². The fourth-order valence-corrected chi connectivity index (χ4v) is 2.22. The largest absolute Gasteiger partial charge is 0.545 e. The monoisotopic (exact) mass is 368 g/mol. The van der Waals surface area contributed by atoms with Crippen molar-refractivity contribution >= 4 is 24.0 Å². The minimum absolute atomic E-state index is 0.0439. The maximum absolute atomic E-state index is 12.1. The van der Waals surface area contributed by atoms with Crippen molar-refractivity contribution in [1.82, 2.24) is 10.7 Å². The number of fused-ring (bicyclic) bond motifs is 1. The minimum Gasteiger partial charge on any atom is -0.545 e. The van der Waals surface area contributed by atoms with Crippen molar-refractivity contribution in [3.63, 3.8) is 0 Å². The van der Waals surface area contributed by atoms with Crippen LogP contribution >= 0.6 is 0 Å². The number of amides is 2. The topological polar surface area (TPSA) is 129 Å². The predicted octanol–water partition coefficient (Wildman–Crippen LogP) is -0.341. The summed E-state index contributed by atoms with van der Waals surface area (Å²) in [6.07, 6.45) is 1.34. The first kappa shape index (κ1) is 17.9. The first-order chi connectivity index (χ1) is 13.0. The first-order valence-corrected chi connectivity index (χ1v) is 7.84. The van der Waals surface area contributed by atoms with Crippen LogP contribution in [0.2, 0.25) is 0 Å². The summed E-state index contributed by atoms with van der Waals surface area (Å²) in [5, 5.41) is 16.9. The third-order valence-electron chi connectivity index (χ3n) is 3.59. The number of benzene rings is 2. The Bertz CT molecular complexity index is 908. The van der Waals surface area contributed by atoms with E-state index >= 15 is 0 Å². The summed E-state index contributed by atoms with van der Waals surface area (Å²) in [4.78, 5) is 34.4. The number of ether oxygens (including phenoxy) is 2. The smallest absolute Gasteiger partial charge is 0.259 e. The van der Waals surface area contributed by atoms with E-state index in [1.807, 2.05) is 0 Å². The molecule has 27 heavy (non-hydrogen) atoms. The number of hydrogen-bond donors (Lipinski definition) is 2. The number of carboxylic acid groups (broad SMARTS) is 1. The molecule has 2 N–H and O–H groups in total. The fourth-order valence-electron chi connectivity index (χ4n) is 2.22. The Morgan fingerprint density at radius 3 is 2.48 bits per heavy atom. The zero-order valence-electron chi connectivity index (χ0n) is 13.9. The van der Waals surface area contributed by atoms with Gasteiger partial charge >= 0.3 is 0 Å². The number of hydrogen-bond acceptors (Lipinski definition) is 7. The average molecular weight is 368 g/mol. The van der Waals surface area contributed by atoms with Gasteiger partial charge in [0.05, 0.1) is 18.7 Å². The highest BCUT2D eigenvalue weighted by Crippen LogP contribution is 2.32. The molecule has 0 fully saturated rings. The summed E-state index contributed by atoms with van der Waals surface area (Å²) < 4.78 is 10.4. The lowest BCUT2D eigenvalue weighted by atomic mass is 10.1. The van der Waals surface area contributed by atoms with Gasteiger partial charge in [-0.1, -0.05) is 24.3 Å². The van der Waals surface area contributed by atoms with Crippen LogP contribution in [-0.2, 0) is 4.79 Å². The molecular weight excluding hydrogens is 354 g/mol. The number of carbonyl (C=O) groups excluding carboxylic acids is 3. The van der Waals surface area contributed by atoms with Gasteiger partial charge in [0.2, 0.25) is 6.79 Å². The Morgan fingerprint density at radius 2 is 1.74 bits per heavy atom. The molecule has 3 rings (SSSR count). The lowest BCUT2D eigenvalue weighted by Crippen LogP contribution is -2.34. The van der Waals surface area contributed by atoms with E-state index in [1.165, 1.54) is 36.5 Å². The summed E-state index contributed by atoms with van der Waals surface area (Å²) in [6.45, 7) is -0.162. The summed E-state index contributed by atoms with van der Waals surface area (Å²) in [5.74, 6) is -1.20. The van der Waals surface area contributed by atoms with Crippen molar-refractivity contribution in [2.45, 2.75) is 0 Å².